The van der Waals surface area contributed by atoms with Crippen molar-refractivity contribution < 1.29 is 14.8 Å². The van der Waals surface area contributed by atoms with Gasteiger partial charge in [-0.15, -0.1) is 0 Å². The van der Waals surface area contributed by atoms with Crippen molar-refractivity contribution >= 4 is 33.6 Å². The molecule has 0 aromatic heterocycles. The van der Waals surface area contributed by atoms with Gasteiger partial charge in [0.05, 0.1) is 17.7 Å². The average Bonchev–Trinajstić information content (AvgIpc) is 2.81. The first-order valence-electron chi connectivity index (χ1n) is 6.74. The van der Waals surface area contributed by atoms with Crippen LogP contribution in [0.15, 0.2) is 52.1 Å². The molecule has 0 fully saturated rings. The van der Waals surface area contributed by atoms with Crippen molar-refractivity contribution in [1.82, 2.24) is 4.90 Å². The molecule has 2 aromatic rings. The first-order chi connectivity index (χ1) is 11.0. The molecule has 0 saturated heterocycles. The molecule has 2 aromatic carbocycles. The fourth-order valence-corrected chi connectivity index (χ4v) is 2.84. The molecule has 0 unspecified atom stereocenters. The molecule has 0 saturated carbocycles. The molecule has 1 aliphatic heterocycles. The molecule has 0 radical (unpaired) electrons. The van der Waals surface area contributed by atoms with E-state index in [1.54, 1.807) is 42.5 Å². The zero-order chi connectivity index (χ0) is 16.6. The number of carbonyl (C=O) groups excluding carboxylic acids is 2. The van der Waals surface area contributed by atoms with Crippen LogP contribution in [0, 0.1) is 0 Å². The van der Waals surface area contributed by atoms with Gasteiger partial charge in [-0.1, -0.05) is 39.3 Å². The first-order valence-corrected chi connectivity index (χ1v) is 7.53. The quantitative estimate of drug-likeness (QED) is 0.283. The summed E-state index contributed by atoms with van der Waals surface area (Å²) < 4.78 is 0.726. The second-order valence-electron chi connectivity index (χ2n) is 5.03. The number of nitrogens with two attached hydrogens (primary N) is 1. The van der Waals surface area contributed by atoms with E-state index in [4.69, 9.17) is 10.9 Å². The lowest BCUT2D eigenvalue weighted by molar-refractivity contribution is 0.0642. The summed E-state index contributed by atoms with van der Waals surface area (Å²) in [6.07, 6.45) is 0. The number of imide groups is 1. The van der Waals surface area contributed by atoms with E-state index in [0.29, 0.717) is 22.3 Å². The molecule has 23 heavy (non-hydrogen) atoms. The average molecular weight is 374 g/mol. The summed E-state index contributed by atoms with van der Waals surface area (Å²) >= 11 is 3.39. The molecule has 3 N–H and O–H groups in total. The van der Waals surface area contributed by atoms with Crippen LogP contribution in [0.2, 0.25) is 0 Å². The second kappa shape index (κ2) is 5.85. The molecule has 6 nitrogen and oxygen atoms in total. The van der Waals surface area contributed by atoms with Gasteiger partial charge in [0, 0.05) is 10.0 Å². The molecule has 3 rings (SSSR count). The lowest BCUT2D eigenvalue weighted by Gasteiger charge is -2.15. The fraction of sp³-hybridized carbons (Fsp3) is 0.0625. The van der Waals surface area contributed by atoms with Crippen LogP contribution in [0.25, 0.3) is 0 Å². The Labute approximate surface area is 140 Å². The third-order valence-corrected chi connectivity index (χ3v) is 4.43. The van der Waals surface area contributed by atoms with Crippen LogP contribution in [0.4, 0.5) is 0 Å². The van der Waals surface area contributed by atoms with E-state index >= 15 is 0 Å². The summed E-state index contributed by atoms with van der Waals surface area (Å²) in [5.41, 5.74) is 7.58. The number of fused-ring (bicyclic) bond motifs is 1. The Morgan fingerprint density at radius 3 is 2.30 bits per heavy atom. The van der Waals surface area contributed by atoms with E-state index in [1.165, 1.54) is 4.90 Å². The zero-order valence-electron chi connectivity index (χ0n) is 11.9. The van der Waals surface area contributed by atoms with Gasteiger partial charge in [-0.25, -0.2) is 0 Å². The molecule has 0 spiro atoms. The van der Waals surface area contributed by atoms with Crippen molar-refractivity contribution in [3.05, 3.63) is 69.2 Å². The Kier molecular flexibility index (Phi) is 3.87. The summed E-state index contributed by atoms with van der Waals surface area (Å²) in [4.78, 5) is 26.0. The van der Waals surface area contributed by atoms with Crippen molar-refractivity contribution in [3.8, 4) is 0 Å². The molecule has 0 bridgehead atoms. The van der Waals surface area contributed by atoms with Gasteiger partial charge in [0.2, 0.25) is 0 Å². The molecular weight excluding hydrogens is 362 g/mol. The Morgan fingerprint density at radius 2 is 1.74 bits per heavy atom. The summed E-state index contributed by atoms with van der Waals surface area (Å²) in [6.45, 7) is 0.0967. The van der Waals surface area contributed by atoms with E-state index in [1.807, 2.05) is 0 Å². The van der Waals surface area contributed by atoms with Crippen molar-refractivity contribution in [2.45, 2.75) is 6.54 Å². The number of rotatable bonds is 3. The van der Waals surface area contributed by atoms with Gasteiger partial charge in [0.15, 0.2) is 5.84 Å². The molecule has 116 valence electrons. The second-order valence-corrected chi connectivity index (χ2v) is 5.89. The Bertz CT molecular complexity index is 813. The summed E-state index contributed by atoms with van der Waals surface area (Å²) in [7, 11) is 0. The number of amidine groups is 1. The predicted octanol–water partition coefficient (Wildman–Crippen LogP) is 2.34. The highest BCUT2D eigenvalue weighted by molar-refractivity contribution is 9.10. The number of nitrogens with zero attached hydrogens (tertiary/aromatic N) is 2. The third-order valence-electron chi connectivity index (χ3n) is 3.66. The zero-order valence-corrected chi connectivity index (χ0v) is 13.4. The summed E-state index contributed by atoms with van der Waals surface area (Å²) in [5.74, 6) is -0.695. The number of carbonyl (C=O) groups is 2. The monoisotopic (exact) mass is 373 g/mol. The van der Waals surface area contributed by atoms with E-state index in [-0.39, 0.29) is 24.2 Å². The summed E-state index contributed by atoms with van der Waals surface area (Å²) in [5, 5.41) is 11.7. The first kappa shape index (κ1) is 15.2. The minimum atomic E-state index is -0.327. The van der Waals surface area contributed by atoms with Crippen LogP contribution in [0.3, 0.4) is 0 Å². The van der Waals surface area contributed by atoms with E-state index in [9.17, 15) is 9.59 Å². The third kappa shape index (κ3) is 2.59. The minimum absolute atomic E-state index is 0.0406. The largest absolute Gasteiger partial charge is 0.409 e. The molecule has 7 heteroatoms. The summed E-state index contributed by atoms with van der Waals surface area (Å²) in [6, 6.07) is 11.8. The van der Waals surface area contributed by atoms with Crippen LogP contribution in [-0.2, 0) is 6.54 Å². The van der Waals surface area contributed by atoms with Crippen molar-refractivity contribution in [1.29, 1.82) is 0 Å². The Hall–Kier alpha value is -2.67. The van der Waals surface area contributed by atoms with Crippen molar-refractivity contribution in [2.24, 2.45) is 10.9 Å². The number of oxime groups is 1. The van der Waals surface area contributed by atoms with Gasteiger partial charge < -0.3 is 10.9 Å². The molecule has 1 heterocycles. The van der Waals surface area contributed by atoms with Gasteiger partial charge in [-0.2, -0.15) is 0 Å². The number of halogens is 1. The maximum Gasteiger partial charge on any atom is 0.261 e. The van der Waals surface area contributed by atoms with E-state index in [2.05, 4.69) is 21.1 Å². The molecule has 2 amide bonds. The predicted molar refractivity (Wildman–Crippen MR) is 87.3 cm³/mol. The fourth-order valence-electron chi connectivity index (χ4n) is 2.47. The van der Waals surface area contributed by atoms with Gasteiger partial charge in [-0.05, 0) is 29.8 Å². The number of amides is 2. The minimum Gasteiger partial charge on any atom is -0.409 e. The Morgan fingerprint density at radius 1 is 1.13 bits per heavy atom. The lowest BCUT2D eigenvalue weighted by Crippen LogP contribution is -2.29. The van der Waals surface area contributed by atoms with Crippen LogP contribution < -0.4 is 5.73 Å². The smallest absolute Gasteiger partial charge is 0.261 e. The van der Waals surface area contributed by atoms with Crippen molar-refractivity contribution in [3.63, 3.8) is 0 Å². The number of hydrogen-bond donors (Lipinski definition) is 2. The normalized spacial score (nSPS) is 14.3. The highest BCUT2D eigenvalue weighted by Gasteiger charge is 2.35. The molecule has 0 aliphatic carbocycles. The van der Waals surface area contributed by atoms with Gasteiger partial charge in [0.1, 0.15) is 0 Å². The maximum absolute atomic E-state index is 12.4. The van der Waals surface area contributed by atoms with E-state index in [0.717, 1.165) is 4.47 Å². The van der Waals surface area contributed by atoms with Gasteiger partial charge in [0.25, 0.3) is 11.8 Å². The lowest BCUT2D eigenvalue weighted by atomic mass is 10.1. The van der Waals surface area contributed by atoms with Gasteiger partial charge in [-0.3, -0.25) is 14.5 Å². The van der Waals surface area contributed by atoms with Crippen LogP contribution in [-0.4, -0.2) is 27.8 Å². The molecule has 1 aliphatic rings. The maximum atomic E-state index is 12.4. The van der Waals surface area contributed by atoms with Crippen molar-refractivity contribution in [2.75, 3.05) is 0 Å². The number of hydrogen-bond acceptors (Lipinski definition) is 4. The number of benzene rings is 2. The highest BCUT2D eigenvalue weighted by atomic mass is 79.9. The van der Waals surface area contributed by atoms with Crippen LogP contribution >= 0.6 is 15.9 Å². The van der Waals surface area contributed by atoms with E-state index < -0.39 is 0 Å². The van der Waals surface area contributed by atoms with Crippen LogP contribution in [0.5, 0.6) is 0 Å². The van der Waals surface area contributed by atoms with Crippen LogP contribution in [0.1, 0.15) is 31.8 Å². The SMILES string of the molecule is N/C(=N\O)c1ccc(Br)c(CN2C(=O)c3ccccc3C2=O)c1. The highest BCUT2D eigenvalue weighted by Crippen LogP contribution is 2.27. The molecule has 0 atom stereocenters. The molecular formula is C16H12BrN3O3. The topological polar surface area (TPSA) is 96.0 Å². The standard InChI is InChI=1S/C16H12BrN3O3/c17-13-6-5-9(14(18)19-23)7-10(13)8-20-15(21)11-3-1-2-4-12(11)16(20)22/h1-7,23H,8H2,(H2,18,19). The van der Waals surface area contributed by atoms with Gasteiger partial charge >= 0.3 is 0 Å². The Balaban J connectivity index is 1.95.